The van der Waals surface area contributed by atoms with Gasteiger partial charge in [0.1, 0.15) is 0 Å². The number of rotatable bonds is 11. The van der Waals surface area contributed by atoms with Gasteiger partial charge in [-0.1, -0.05) is 48.0 Å². The number of aryl methyl sites for hydroxylation is 1. The second kappa shape index (κ2) is 11.3. The summed E-state index contributed by atoms with van der Waals surface area (Å²) in [5.41, 5.74) is 3.57. The fourth-order valence-electron chi connectivity index (χ4n) is 3.04. The number of nitrogens with one attached hydrogen (secondary N) is 2. The zero-order valence-corrected chi connectivity index (χ0v) is 16.6. The number of hydrogen-bond donors (Lipinski definition) is 3. The van der Waals surface area contributed by atoms with Gasteiger partial charge in [-0.25, -0.2) is 0 Å². The number of aliphatic hydroxyl groups is 1. The van der Waals surface area contributed by atoms with Crippen LogP contribution in [0.15, 0.2) is 48.5 Å². The van der Waals surface area contributed by atoms with E-state index in [-0.39, 0.29) is 0 Å². The maximum atomic E-state index is 10.3. The first kappa shape index (κ1) is 20.9. The summed E-state index contributed by atoms with van der Waals surface area (Å²) in [6.07, 6.45) is 3.98. The van der Waals surface area contributed by atoms with Gasteiger partial charge in [0, 0.05) is 17.6 Å². The molecule has 3 N–H and O–H groups in total. The van der Waals surface area contributed by atoms with Crippen LogP contribution in [0.1, 0.15) is 42.6 Å². The Morgan fingerprint density at radius 3 is 2.46 bits per heavy atom. The van der Waals surface area contributed by atoms with Gasteiger partial charge in [-0.05, 0) is 75.0 Å². The lowest BCUT2D eigenvalue weighted by Crippen LogP contribution is -2.32. The summed E-state index contributed by atoms with van der Waals surface area (Å²) in [6.45, 7) is 3.75. The normalized spacial score (nSPS) is 13.5. The average molecular weight is 375 g/mol. The summed E-state index contributed by atoms with van der Waals surface area (Å²) in [4.78, 5) is 0. The van der Waals surface area contributed by atoms with E-state index in [1.165, 1.54) is 24.0 Å². The van der Waals surface area contributed by atoms with Crippen molar-refractivity contribution >= 4 is 11.6 Å². The molecule has 0 saturated carbocycles. The minimum absolute atomic E-state index is 0.297. The minimum Gasteiger partial charge on any atom is -0.387 e. The molecule has 2 rings (SSSR count). The zero-order valence-electron chi connectivity index (χ0n) is 15.8. The van der Waals surface area contributed by atoms with Crippen molar-refractivity contribution in [2.45, 2.75) is 44.8 Å². The monoisotopic (exact) mass is 374 g/mol. The van der Waals surface area contributed by atoms with E-state index in [1.54, 1.807) is 0 Å². The third-order valence-electron chi connectivity index (χ3n) is 4.60. The Labute approximate surface area is 162 Å². The molecule has 2 aromatic rings. The van der Waals surface area contributed by atoms with Gasteiger partial charge in [0.2, 0.25) is 0 Å². The molecule has 26 heavy (non-hydrogen) atoms. The molecule has 0 spiro atoms. The predicted molar refractivity (Wildman–Crippen MR) is 111 cm³/mol. The number of unbranched alkanes of at least 4 members (excludes halogenated alkanes) is 1. The molecule has 0 aliphatic carbocycles. The SMILES string of the molecule is CNCCCCc1ccc(CC(C)NCC(O)c2cccc(Cl)c2)cc1. The lowest BCUT2D eigenvalue weighted by molar-refractivity contribution is 0.170. The molecule has 0 heterocycles. The molecule has 0 bridgehead atoms. The molecule has 0 saturated heterocycles. The first-order chi connectivity index (χ1) is 12.6. The maximum Gasteiger partial charge on any atom is 0.0914 e. The van der Waals surface area contributed by atoms with Crippen LogP contribution in [0.4, 0.5) is 0 Å². The summed E-state index contributed by atoms with van der Waals surface area (Å²) in [6, 6.07) is 16.6. The van der Waals surface area contributed by atoms with Gasteiger partial charge in [-0.15, -0.1) is 0 Å². The molecule has 4 heteroatoms. The Hall–Kier alpha value is -1.39. The quantitative estimate of drug-likeness (QED) is 0.518. The van der Waals surface area contributed by atoms with Crippen LogP contribution in [0.2, 0.25) is 5.02 Å². The van der Waals surface area contributed by atoms with Gasteiger partial charge in [0.05, 0.1) is 6.10 Å². The maximum absolute atomic E-state index is 10.3. The van der Waals surface area contributed by atoms with Gasteiger partial charge in [0.15, 0.2) is 0 Å². The minimum atomic E-state index is -0.545. The van der Waals surface area contributed by atoms with E-state index in [9.17, 15) is 5.11 Å². The highest BCUT2D eigenvalue weighted by atomic mass is 35.5. The van der Waals surface area contributed by atoms with Crippen LogP contribution in [-0.4, -0.2) is 31.3 Å². The summed E-state index contributed by atoms with van der Waals surface area (Å²) >= 11 is 5.98. The van der Waals surface area contributed by atoms with E-state index in [1.807, 2.05) is 31.3 Å². The molecule has 0 aromatic heterocycles. The smallest absolute Gasteiger partial charge is 0.0914 e. The summed E-state index contributed by atoms with van der Waals surface area (Å²) < 4.78 is 0. The van der Waals surface area contributed by atoms with Crippen molar-refractivity contribution in [3.8, 4) is 0 Å². The average Bonchev–Trinajstić information content (AvgIpc) is 2.64. The Bertz CT molecular complexity index is 645. The fourth-order valence-corrected chi connectivity index (χ4v) is 3.24. The van der Waals surface area contributed by atoms with E-state index in [4.69, 9.17) is 11.6 Å². The Morgan fingerprint density at radius 1 is 1.04 bits per heavy atom. The Balaban J connectivity index is 1.74. The largest absolute Gasteiger partial charge is 0.387 e. The second-order valence-electron chi connectivity index (χ2n) is 6.96. The Kier molecular flexibility index (Phi) is 9.13. The van der Waals surface area contributed by atoms with Gasteiger partial charge in [0.25, 0.3) is 0 Å². The van der Waals surface area contributed by atoms with Gasteiger partial charge >= 0.3 is 0 Å². The highest BCUT2D eigenvalue weighted by Crippen LogP contribution is 2.17. The molecular formula is C22H31ClN2O. The van der Waals surface area contributed by atoms with Gasteiger partial charge in [-0.3, -0.25) is 0 Å². The third-order valence-corrected chi connectivity index (χ3v) is 4.84. The molecule has 0 fully saturated rings. The van der Waals surface area contributed by atoms with Crippen LogP contribution in [-0.2, 0) is 12.8 Å². The van der Waals surface area contributed by atoms with E-state index in [2.05, 4.69) is 41.8 Å². The second-order valence-corrected chi connectivity index (χ2v) is 7.40. The van der Waals surface area contributed by atoms with Gasteiger partial charge < -0.3 is 15.7 Å². The molecule has 3 nitrogen and oxygen atoms in total. The highest BCUT2D eigenvalue weighted by molar-refractivity contribution is 6.30. The lowest BCUT2D eigenvalue weighted by Gasteiger charge is -2.18. The van der Waals surface area contributed by atoms with Crippen molar-refractivity contribution in [1.82, 2.24) is 10.6 Å². The molecule has 2 unspecified atom stereocenters. The predicted octanol–water partition coefficient (Wildman–Crippen LogP) is 4.14. The van der Waals surface area contributed by atoms with Crippen LogP contribution in [0.5, 0.6) is 0 Å². The Morgan fingerprint density at radius 2 is 1.77 bits per heavy atom. The van der Waals surface area contributed by atoms with E-state index in [0.717, 1.165) is 24.9 Å². The molecule has 2 atom stereocenters. The van der Waals surface area contributed by atoms with E-state index < -0.39 is 6.10 Å². The van der Waals surface area contributed by atoms with Crippen LogP contribution in [0.3, 0.4) is 0 Å². The lowest BCUT2D eigenvalue weighted by atomic mass is 10.0. The van der Waals surface area contributed by atoms with Crippen molar-refractivity contribution in [3.05, 3.63) is 70.2 Å². The number of halogens is 1. The first-order valence-electron chi connectivity index (χ1n) is 9.48. The van der Waals surface area contributed by atoms with Crippen LogP contribution in [0.25, 0.3) is 0 Å². The summed E-state index contributed by atoms with van der Waals surface area (Å²) in [5.74, 6) is 0. The first-order valence-corrected chi connectivity index (χ1v) is 9.85. The zero-order chi connectivity index (χ0) is 18.8. The number of benzene rings is 2. The van der Waals surface area contributed by atoms with Crippen LogP contribution >= 0.6 is 11.6 Å². The summed E-state index contributed by atoms with van der Waals surface area (Å²) in [7, 11) is 2.00. The molecule has 0 aliphatic rings. The highest BCUT2D eigenvalue weighted by Gasteiger charge is 2.10. The fraction of sp³-hybridized carbons (Fsp3) is 0.455. The van der Waals surface area contributed by atoms with Crippen LogP contribution in [0, 0.1) is 0 Å². The number of hydrogen-bond acceptors (Lipinski definition) is 3. The van der Waals surface area contributed by atoms with Crippen molar-refractivity contribution in [3.63, 3.8) is 0 Å². The molecule has 2 aromatic carbocycles. The summed E-state index contributed by atoms with van der Waals surface area (Å²) in [5, 5.41) is 17.5. The van der Waals surface area contributed by atoms with Crippen molar-refractivity contribution < 1.29 is 5.11 Å². The van der Waals surface area contributed by atoms with Crippen LogP contribution < -0.4 is 10.6 Å². The van der Waals surface area contributed by atoms with Crippen molar-refractivity contribution in [2.24, 2.45) is 0 Å². The van der Waals surface area contributed by atoms with Crippen molar-refractivity contribution in [2.75, 3.05) is 20.1 Å². The molecule has 0 radical (unpaired) electrons. The standard InChI is InChI=1S/C22H31ClN2O/c1-17(25-16-22(26)20-7-5-8-21(23)15-20)14-19-11-9-18(10-12-19)6-3-4-13-24-2/h5,7-12,15,17,22,24-26H,3-4,6,13-14,16H2,1-2H3. The van der Waals surface area contributed by atoms with E-state index >= 15 is 0 Å². The number of aliphatic hydroxyl groups excluding tert-OH is 1. The third kappa shape index (κ3) is 7.46. The van der Waals surface area contributed by atoms with Gasteiger partial charge in [-0.2, -0.15) is 0 Å². The van der Waals surface area contributed by atoms with E-state index in [0.29, 0.717) is 17.6 Å². The van der Waals surface area contributed by atoms with Crippen molar-refractivity contribution in [1.29, 1.82) is 0 Å². The molecule has 0 aliphatic heterocycles. The molecular weight excluding hydrogens is 344 g/mol. The topological polar surface area (TPSA) is 44.3 Å². The molecule has 142 valence electrons. The molecule has 0 amide bonds.